The molecule has 0 unspecified atom stereocenters. The molecule has 0 aliphatic carbocycles. The first kappa shape index (κ1) is 12.6. The quantitative estimate of drug-likeness (QED) is 0.799. The summed E-state index contributed by atoms with van der Waals surface area (Å²) in [5.41, 5.74) is 1.48. The molecule has 1 heterocycles. The second-order valence-electron chi connectivity index (χ2n) is 4.93. The Labute approximate surface area is 106 Å². The van der Waals surface area contributed by atoms with E-state index in [-0.39, 0.29) is 12.0 Å². The minimum atomic E-state index is 0.0920. The van der Waals surface area contributed by atoms with Crippen LogP contribution in [0.4, 0.5) is 0 Å². The van der Waals surface area contributed by atoms with Crippen molar-refractivity contribution < 1.29 is 5.11 Å². The summed E-state index contributed by atoms with van der Waals surface area (Å²) < 4.78 is 1.35. The van der Waals surface area contributed by atoms with Crippen LogP contribution in [0.1, 0.15) is 19.4 Å². The Hall–Kier alpha value is -0.900. The van der Waals surface area contributed by atoms with Crippen molar-refractivity contribution in [2.75, 3.05) is 19.7 Å². The number of hydrogen-bond donors (Lipinski definition) is 2. The van der Waals surface area contributed by atoms with Crippen LogP contribution in [0.3, 0.4) is 0 Å². The Morgan fingerprint density at radius 3 is 2.82 bits per heavy atom. The van der Waals surface area contributed by atoms with Gasteiger partial charge in [0.2, 0.25) is 0 Å². The first-order valence-corrected chi connectivity index (χ1v) is 6.81. The molecule has 0 atom stereocenters. The molecule has 3 heteroatoms. The van der Waals surface area contributed by atoms with Gasteiger partial charge >= 0.3 is 0 Å². The first-order chi connectivity index (χ1) is 8.15. The molecule has 0 fully saturated rings. The van der Waals surface area contributed by atoms with Crippen LogP contribution in [0.2, 0.25) is 0 Å². The molecule has 0 radical (unpaired) electrons. The van der Waals surface area contributed by atoms with E-state index in [2.05, 4.69) is 48.8 Å². The van der Waals surface area contributed by atoms with Crippen LogP contribution in [0.25, 0.3) is 10.1 Å². The molecule has 0 bridgehead atoms. The van der Waals surface area contributed by atoms with E-state index in [9.17, 15) is 0 Å². The van der Waals surface area contributed by atoms with Gasteiger partial charge in [0.15, 0.2) is 0 Å². The molecule has 2 aromatic rings. The maximum atomic E-state index is 8.80. The van der Waals surface area contributed by atoms with Crippen molar-refractivity contribution in [1.29, 1.82) is 0 Å². The predicted octanol–water partition coefficient (Wildman–Crippen LogP) is 2.76. The highest BCUT2D eigenvalue weighted by molar-refractivity contribution is 7.17. The molecule has 0 aliphatic heterocycles. The molecule has 2 nitrogen and oxygen atoms in total. The number of hydrogen-bond acceptors (Lipinski definition) is 3. The molecule has 0 saturated heterocycles. The van der Waals surface area contributed by atoms with Gasteiger partial charge in [-0.3, -0.25) is 0 Å². The van der Waals surface area contributed by atoms with Crippen LogP contribution in [0.15, 0.2) is 29.6 Å². The number of rotatable bonds is 5. The number of aliphatic hydroxyl groups is 1. The molecular formula is C14H19NOS. The topological polar surface area (TPSA) is 32.3 Å². The van der Waals surface area contributed by atoms with Crippen LogP contribution in [-0.2, 0) is 5.41 Å². The summed E-state index contributed by atoms with van der Waals surface area (Å²) in [6.07, 6.45) is 0. The van der Waals surface area contributed by atoms with Crippen molar-refractivity contribution in [3.63, 3.8) is 0 Å². The van der Waals surface area contributed by atoms with Gasteiger partial charge in [0.25, 0.3) is 0 Å². The second kappa shape index (κ2) is 5.17. The zero-order valence-corrected chi connectivity index (χ0v) is 11.2. The minimum Gasteiger partial charge on any atom is -0.395 e. The summed E-state index contributed by atoms with van der Waals surface area (Å²) >= 11 is 1.80. The fourth-order valence-corrected chi connectivity index (χ4v) is 3.23. The monoisotopic (exact) mass is 249 g/mol. The maximum absolute atomic E-state index is 8.80. The second-order valence-corrected chi connectivity index (χ2v) is 5.84. The number of benzene rings is 1. The van der Waals surface area contributed by atoms with Gasteiger partial charge in [-0.25, -0.2) is 0 Å². The van der Waals surface area contributed by atoms with Crippen molar-refractivity contribution in [2.45, 2.75) is 19.3 Å². The summed E-state index contributed by atoms with van der Waals surface area (Å²) in [5, 5.41) is 15.7. The Balaban J connectivity index is 2.25. The lowest BCUT2D eigenvalue weighted by Crippen LogP contribution is -2.34. The Kier molecular flexibility index (Phi) is 3.82. The van der Waals surface area contributed by atoms with E-state index in [4.69, 9.17) is 5.11 Å². The third-order valence-electron chi connectivity index (χ3n) is 3.07. The lowest BCUT2D eigenvalue weighted by Gasteiger charge is -2.25. The van der Waals surface area contributed by atoms with Crippen LogP contribution < -0.4 is 5.32 Å². The van der Waals surface area contributed by atoms with Crippen LogP contribution in [0, 0.1) is 0 Å². The summed E-state index contributed by atoms with van der Waals surface area (Å²) in [4.78, 5) is 0. The minimum absolute atomic E-state index is 0.0920. The summed E-state index contributed by atoms with van der Waals surface area (Å²) in [6.45, 7) is 6.22. The van der Waals surface area contributed by atoms with Crippen LogP contribution >= 0.6 is 11.3 Å². The van der Waals surface area contributed by atoms with Gasteiger partial charge < -0.3 is 10.4 Å². The van der Waals surface area contributed by atoms with Crippen molar-refractivity contribution in [3.8, 4) is 0 Å². The molecule has 17 heavy (non-hydrogen) atoms. The molecule has 2 rings (SSSR count). The van der Waals surface area contributed by atoms with E-state index in [1.165, 1.54) is 15.6 Å². The number of aliphatic hydroxyl groups excluding tert-OH is 1. The predicted molar refractivity (Wildman–Crippen MR) is 74.8 cm³/mol. The average Bonchev–Trinajstić information content (AvgIpc) is 2.73. The Morgan fingerprint density at radius 1 is 1.29 bits per heavy atom. The van der Waals surface area contributed by atoms with E-state index < -0.39 is 0 Å². The molecule has 92 valence electrons. The molecule has 1 aromatic carbocycles. The zero-order chi connectivity index (χ0) is 12.3. The van der Waals surface area contributed by atoms with Gasteiger partial charge in [-0.15, -0.1) is 11.3 Å². The van der Waals surface area contributed by atoms with Crippen molar-refractivity contribution >= 4 is 21.4 Å². The molecule has 0 amide bonds. The van der Waals surface area contributed by atoms with Gasteiger partial charge in [0.05, 0.1) is 6.61 Å². The molecule has 0 saturated carbocycles. The summed E-state index contributed by atoms with van der Waals surface area (Å²) in [5.74, 6) is 0. The third kappa shape index (κ3) is 2.68. The molecule has 2 N–H and O–H groups in total. The van der Waals surface area contributed by atoms with Crippen molar-refractivity contribution in [1.82, 2.24) is 5.32 Å². The van der Waals surface area contributed by atoms with E-state index in [1.807, 2.05) is 0 Å². The largest absolute Gasteiger partial charge is 0.395 e. The van der Waals surface area contributed by atoms with Gasteiger partial charge in [-0.2, -0.15) is 0 Å². The highest BCUT2D eigenvalue weighted by Crippen LogP contribution is 2.34. The average molecular weight is 249 g/mol. The molecule has 0 spiro atoms. The first-order valence-electron chi connectivity index (χ1n) is 5.93. The van der Waals surface area contributed by atoms with Gasteiger partial charge in [0, 0.05) is 23.2 Å². The number of thiophene rings is 1. The Morgan fingerprint density at radius 2 is 2.06 bits per heavy atom. The molecule has 1 aromatic heterocycles. The van der Waals surface area contributed by atoms with Crippen LogP contribution in [-0.4, -0.2) is 24.8 Å². The molecular weight excluding hydrogens is 230 g/mol. The van der Waals surface area contributed by atoms with Crippen LogP contribution in [0.5, 0.6) is 0 Å². The van der Waals surface area contributed by atoms with Gasteiger partial charge in [0.1, 0.15) is 0 Å². The maximum Gasteiger partial charge on any atom is 0.0555 e. The lowest BCUT2D eigenvalue weighted by atomic mass is 9.84. The van der Waals surface area contributed by atoms with Gasteiger partial charge in [-0.05, 0) is 22.4 Å². The Bertz CT molecular complexity index is 490. The summed E-state index contributed by atoms with van der Waals surface area (Å²) in [6, 6.07) is 8.53. The van der Waals surface area contributed by atoms with Crippen molar-refractivity contribution in [2.24, 2.45) is 0 Å². The normalized spacial score (nSPS) is 12.2. The molecule has 0 aliphatic rings. The highest BCUT2D eigenvalue weighted by atomic mass is 32.1. The fourth-order valence-electron chi connectivity index (χ4n) is 2.08. The number of fused-ring (bicyclic) bond motifs is 1. The van der Waals surface area contributed by atoms with E-state index in [0.29, 0.717) is 6.54 Å². The number of nitrogens with one attached hydrogen (secondary N) is 1. The highest BCUT2D eigenvalue weighted by Gasteiger charge is 2.23. The smallest absolute Gasteiger partial charge is 0.0555 e. The van der Waals surface area contributed by atoms with E-state index >= 15 is 0 Å². The van der Waals surface area contributed by atoms with Crippen molar-refractivity contribution in [3.05, 3.63) is 35.2 Å². The lowest BCUT2D eigenvalue weighted by molar-refractivity contribution is 0.287. The fraction of sp³-hybridized carbons (Fsp3) is 0.429. The zero-order valence-electron chi connectivity index (χ0n) is 10.4. The van der Waals surface area contributed by atoms with Gasteiger partial charge in [-0.1, -0.05) is 32.0 Å². The third-order valence-corrected chi connectivity index (χ3v) is 4.03. The van der Waals surface area contributed by atoms with E-state index in [1.54, 1.807) is 11.3 Å². The van der Waals surface area contributed by atoms with E-state index in [0.717, 1.165) is 6.54 Å². The summed E-state index contributed by atoms with van der Waals surface area (Å²) in [7, 11) is 0. The standard InChI is InChI=1S/C14H19NOS/c1-14(2,10-15-7-8-16)12-9-17-13-6-4-3-5-11(12)13/h3-6,9,15-16H,7-8,10H2,1-2H3. The SMILES string of the molecule is CC(C)(CNCCO)c1csc2ccccc12.